The highest BCUT2D eigenvalue weighted by Crippen LogP contribution is 2.32. The molecule has 0 amide bonds. The SMILES string of the molecule is CCCC(CCC)c1nn(-c2ccccc2)c(N)c1CC. The fourth-order valence-electron chi connectivity index (χ4n) is 3.05. The molecule has 21 heavy (non-hydrogen) atoms. The quantitative estimate of drug-likeness (QED) is 0.801. The van der Waals surface area contributed by atoms with Crippen LogP contribution in [0.1, 0.15) is 63.6 Å². The Labute approximate surface area is 128 Å². The molecule has 2 N–H and O–H groups in total. The van der Waals surface area contributed by atoms with E-state index in [-0.39, 0.29) is 0 Å². The normalized spacial score (nSPS) is 11.2. The highest BCUT2D eigenvalue weighted by Gasteiger charge is 2.21. The van der Waals surface area contributed by atoms with E-state index in [1.54, 1.807) is 0 Å². The summed E-state index contributed by atoms with van der Waals surface area (Å²) in [5.41, 5.74) is 9.86. The van der Waals surface area contributed by atoms with Crippen LogP contribution in [0.25, 0.3) is 5.69 Å². The molecule has 0 unspecified atom stereocenters. The molecule has 3 heteroatoms. The van der Waals surface area contributed by atoms with Crippen LogP contribution in [0, 0.1) is 0 Å². The van der Waals surface area contributed by atoms with Crippen molar-refractivity contribution in [3.63, 3.8) is 0 Å². The summed E-state index contributed by atoms with van der Waals surface area (Å²) < 4.78 is 1.91. The zero-order chi connectivity index (χ0) is 15.2. The van der Waals surface area contributed by atoms with Crippen molar-refractivity contribution in [2.75, 3.05) is 5.73 Å². The third-order valence-corrected chi connectivity index (χ3v) is 4.07. The lowest BCUT2D eigenvalue weighted by atomic mass is 9.91. The van der Waals surface area contributed by atoms with E-state index in [0.717, 1.165) is 17.9 Å². The molecule has 114 valence electrons. The van der Waals surface area contributed by atoms with E-state index in [2.05, 4.69) is 32.9 Å². The molecule has 0 fully saturated rings. The van der Waals surface area contributed by atoms with Gasteiger partial charge in [-0.25, -0.2) is 4.68 Å². The molecule has 0 bridgehead atoms. The van der Waals surface area contributed by atoms with Gasteiger partial charge < -0.3 is 5.73 Å². The molecule has 0 atom stereocenters. The van der Waals surface area contributed by atoms with E-state index in [1.165, 1.54) is 36.9 Å². The first kappa shape index (κ1) is 15.6. The van der Waals surface area contributed by atoms with Gasteiger partial charge in [0.1, 0.15) is 5.82 Å². The van der Waals surface area contributed by atoms with Gasteiger partial charge in [0.05, 0.1) is 11.4 Å². The van der Waals surface area contributed by atoms with Crippen molar-refractivity contribution in [2.24, 2.45) is 0 Å². The predicted octanol–water partition coefficient (Wildman–Crippen LogP) is 4.70. The second kappa shape index (κ2) is 7.30. The van der Waals surface area contributed by atoms with Crippen LogP contribution in [0.2, 0.25) is 0 Å². The number of para-hydroxylation sites is 1. The molecule has 1 aromatic heterocycles. The summed E-state index contributed by atoms with van der Waals surface area (Å²) >= 11 is 0. The van der Waals surface area contributed by atoms with Crippen molar-refractivity contribution in [3.8, 4) is 5.69 Å². The maximum atomic E-state index is 6.38. The third-order valence-electron chi connectivity index (χ3n) is 4.07. The van der Waals surface area contributed by atoms with Gasteiger partial charge in [-0.2, -0.15) is 5.10 Å². The maximum absolute atomic E-state index is 6.38. The van der Waals surface area contributed by atoms with E-state index in [1.807, 2.05) is 22.9 Å². The summed E-state index contributed by atoms with van der Waals surface area (Å²) in [6, 6.07) is 10.2. The molecule has 0 aliphatic carbocycles. The van der Waals surface area contributed by atoms with Crippen LogP contribution in [0.3, 0.4) is 0 Å². The highest BCUT2D eigenvalue weighted by atomic mass is 15.3. The van der Waals surface area contributed by atoms with Crippen LogP contribution in [0.15, 0.2) is 30.3 Å². The summed E-state index contributed by atoms with van der Waals surface area (Å²) in [6.07, 6.45) is 5.69. The number of benzene rings is 1. The Morgan fingerprint density at radius 2 is 1.67 bits per heavy atom. The molecule has 0 aliphatic rings. The average molecular weight is 285 g/mol. The lowest BCUT2D eigenvalue weighted by Crippen LogP contribution is -2.03. The number of hydrogen-bond acceptors (Lipinski definition) is 2. The Morgan fingerprint density at radius 3 is 2.19 bits per heavy atom. The number of hydrogen-bond donors (Lipinski definition) is 1. The van der Waals surface area contributed by atoms with Crippen molar-refractivity contribution in [1.82, 2.24) is 9.78 Å². The summed E-state index contributed by atoms with van der Waals surface area (Å²) in [6.45, 7) is 6.65. The molecule has 2 aromatic rings. The highest BCUT2D eigenvalue weighted by molar-refractivity contribution is 5.51. The van der Waals surface area contributed by atoms with E-state index in [9.17, 15) is 0 Å². The van der Waals surface area contributed by atoms with Crippen molar-refractivity contribution >= 4 is 5.82 Å². The Balaban J connectivity index is 2.46. The van der Waals surface area contributed by atoms with Gasteiger partial charge >= 0.3 is 0 Å². The predicted molar refractivity (Wildman–Crippen MR) is 89.9 cm³/mol. The number of rotatable bonds is 7. The monoisotopic (exact) mass is 285 g/mol. The van der Waals surface area contributed by atoms with E-state index < -0.39 is 0 Å². The standard InChI is InChI=1S/C18H27N3/c1-4-10-14(11-5-2)17-16(6-3)18(19)21(20-17)15-12-8-7-9-13-15/h7-9,12-14H,4-6,10-11,19H2,1-3H3. The lowest BCUT2D eigenvalue weighted by molar-refractivity contribution is 0.540. The van der Waals surface area contributed by atoms with Gasteiger partial charge in [-0.05, 0) is 31.4 Å². The zero-order valence-corrected chi connectivity index (χ0v) is 13.5. The fraction of sp³-hybridized carbons (Fsp3) is 0.500. The van der Waals surface area contributed by atoms with Gasteiger partial charge in [0.15, 0.2) is 0 Å². The molecular weight excluding hydrogens is 258 g/mol. The third kappa shape index (κ3) is 3.29. The minimum atomic E-state index is 0.530. The van der Waals surface area contributed by atoms with Crippen LogP contribution in [-0.4, -0.2) is 9.78 Å². The minimum Gasteiger partial charge on any atom is -0.383 e. The summed E-state index contributed by atoms with van der Waals surface area (Å²) in [5, 5.41) is 4.88. The number of anilines is 1. The topological polar surface area (TPSA) is 43.8 Å². The van der Waals surface area contributed by atoms with E-state index in [4.69, 9.17) is 10.8 Å². The molecule has 3 nitrogen and oxygen atoms in total. The Morgan fingerprint density at radius 1 is 1.05 bits per heavy atom. The largest absolute Gasteiger partial charge is 0.383 e. The lowest BCUT2D eigenvalue weighted by Gasteiger charge is -2.14. The molecule has 0 spiro atoms. The smallest absolute Gasteiger partial charge is 0.130 e. The summed E-state index contributed by atoms with van der Waals surface area (Å²) in [7, 11) is 0. The second-order valence-corrected chi connectivity index (χ2v) is 5.62. The molecule has 2 rings (SSSR count). The first-order valence-electron chi connectivity index (χ1n) is 8.15. The van der Waals surface area contributed by atoms with Crippen LogP contribution in [0.5, 0.6) is 0 Å². The summed E-state index contributed by atoms with van der Waals surface area (Å²) in [4.78, 5) is 0. The van der Waals surface area contributed by atoms with Crippen LogP contribution < -0.4 is 5.73 Å². The van der Waals surface area contributed by atoms with Crippen LogP contribution in [-0.2, 0) is 6.42 Å². The number of aromatic nitrogens is 2. The van der Waals surface area contributed by atoms with Gasteiger partial charge in [0.25, 0.3) is 0 Å². The average Bonchev–Trinajstić information content (AvgIpc) is 2.84. The zero-order valence-electron chi connectivity index (χ0n) is 13.5. The maximum Gasteiger partial charge on any atom is 0.130 e. The molecule has 1 aromatic carbocycles. The van der Waals surface area contributed by atoms with Crippen molar-refractivity contribution in [2.45, 2.75) is 58.8 Å². The van der Waals surface area contributed by atoms with E-state index >= 15 is 0 Å². The fourth-order valence-corrected chi connectivity index (χ4v) is 3.05. The number of nitrogens with zero attached hydrogens (tertiary/aromatic N) is 2. The van der Waals surface area contributed by atoms with E-state index in [0.29, 0.717) is 5.92 Å². The number of nitrogen functional groups attached to an aromatic ring is 1. The summed E-state index contributed by atoms with van der Waals surface area (Å²) in [5.74, 6) is 1.33. The minimum absolute atomic E-state index is 0.530. The Hall–Kier alpha value is -1.77. The van der Waals surface area contributed by atoms with Gasteiger partial charge in [0, 0.05) is 11.5 Å². The first-order chi connectivity index (χ1) is 10.2. The van der Waals surface area contributed by atoms with Crippen LogP contribution in [0.4, 0.5) is 5.82 Å². The first-order valence-corrected chi connectivity index (χ1v) is 8.15. The number of nitrogens with two attached hydrogens (primary N) is 1. The second-order valence-electron chi connectivity index (χ2n) is 5.62. The molecule has 0 aliphatic heterocycles. The molecule has 0 radical (unpaired) electrons. The molecule has 0 saturated heterocycles. The Kier molecular flexibility index (Phi) is 5.43. The van der Waals surface area contributed by atoms with Gasteiger partial charge in [-0.1, -0.05) is 51.8 Å². The van der Waals surface area contributed by atoms with Crippen molar-refractivity contribution in [1.29, 1.82) is 0 Å². The Bertz CT molecular complexity index is 551. The van der Waals surface area contributed by atoms with Crippen molar-refractivity contribution in [3.05, 3.63) is 41.6 Å². The van der Waals surface area contributed by atoms with Gasteiger partial charge in [-0.3, -0.25) is 0 Å². The molecule has 0 saturated carbocycles. The molecular formula is C18H27N3. The van der Waals surface area contributed by atoms with Gasteiger partial charge in [0.2, 0.25) is 0 Å². The van der Waals surface area contributed by atoms with Crippen molar-refractivity contribution < 1.29 is 0 Å². The van der Waals surface area contributed by atoms with Crippen LogP contribution >= 0.6 is 0 Å². The van der Waals surface area contributed by atoms with Gasteiger partial charge in [-0.15, -0.1) is 0 Å². The molecule has 1 heterocycles.